The third kappa shape index (κ3) is 1.71. The minimum Gasteiger partial charge on any atom is -0.479 e. The fourth-order valence-corrected chi connectivity index (χ4v) is 2.50. The van der Waals surface area contributed by atoms with E-state index in [1.54, 1.807) is 11.8 Å². The molecule has 0 atom stereocenters. The SMILES string of the molecule is CCSc1snc(OC)c1C#N. The Hall–Kier alpha value is -0.730. The second-order valence-corrected chi connectivity index (χ2v) is 4.21. The van der Waals surface area contributed by atoms with Gasteiger partial charge in [0, 0.05) is 0 Å². The van der Waals surface area contributed by atoms with Crippen LogP contribution in [-0.2, 0) is 0 Å². The van der Waals surface area contributed by atoms with Crippen LogP contribution in [0.25, 0.3) is 0 Å². The van der Waals surface area contributed by atoms with Gasteiger partial charge in [0.25, 0.3) is 0 Å². The molecule has 0 N–H and O–H groups in total. The lowest BCUT2D eigenvalue weighted by Gasteiger charge is -1.93. The van der Waals surface area contributed by atoms with E-state index in [2.05, 4.69) is 10.4 Å². The van der Waals surface area contributed by atoms with Gasteiger partial charge in [-0.3, -0.25) is 0 Å². The standard InChI is InChI=1S/C7H8N2OS2/c1-3-11-7-5(4-8)6(10-2)9-12-7/h3H2,1-2H3. The summed E-state index contributed by atoms with van der Waals surface area (Å²) in [4.78, 5) is 0. The van der Waals surface area contributed by atoms with E-state index in [4.69, 9.17) is 10.00 Å². The summed E-state index contributed by atoms with van der Waals surface area (Å²) in [7, 11) is 1.52. The Morgan fingerprint density at radius 3 is 3.00 bits per heavy atom. The van der Waals surface area contributed by atoms with E-state index < -0.39 is 0 Å². The summed E-state index contributed by atoms with van der Waals surface area (Å²) >= 11 is 2.93. The highest BCUT2D eigenvalue weighted by atomic mass is 32.2. The van der Waals surface area contributed by atoms with Crippen LogP contribution in [-0.4, -0.2) is 17.2 Å². The first kappa shape index (κ1) is 9.36. The van der Waals surface area contributed by atoms with Crippen molar-refractivity contribution in [2.45, 2.75) is 11.1 Å². The molecule has 5 heteroatoms. The van der Waals surface area contributed by atoms with Gasteiger partial charge in [0.15, 0.2) is 0 Å². The highest BCUT2D eigenvalue weighted by Crippen LogP contribution is 2.32. The summed E-state index contributed by atoms with van der Waals surface area (Å²) in [6, 6.07) is 2.08. The first-order chi connectivity index (χ1) is 5.83. The number of hydrogen-bond donors (Lipinski definition) is 0. The van der Waals surface area contributed by atoms with Crippen LogP contribution < -0.4 is 4.74 Å². The van der Waals surface area contributed by atoms with E-state index in [9.17, 15) is 0 Å². The Morgan fingerprint density at radius 2 is 2.50 bits per heavy atom. The molecule has 1 rings (SSSR count). The van der Waals surface area contributed by atoms with E-state index in [0.29, 0.717) is 11.4 Å². The lowest BCUT2D eigenvalue weighted by atomic mass is 10.4. The van der Waals surface area contributed by atoms with Gasteiger partial charge in [-0.1, -0.05) is 6.92 Å². The Balaban J connectivity index is 2.99. The quantitative estimate of drug-likeness (QED) is 0.701. The van der Waals surface area contributed by atoms with Crippen LogP contribution in [0.5, 0.6) is 5.88 Å². The molecular formula is C7H8N2OS2. The number of aromatic nitrogens is 1. The highest BCUT2D eigenvalue weighted by molar-refractivity contribution is 8.01. The monoisotopic (exact) mass is 200 g/mol. The van der Waals surface area contributed by atoms with Gasteiger partial charge in [0.05, 0.1) is 7.11 Å². The number of nitrogens with zero attached hydrogens (tertiary/aromatic N) is 2. The molecule has 0 aromatic carbocycles. The number of thioether (sulfide) groups is 1. The second-order valence-electron chi connectivity index (χ2n) is 1.90. The van der Waals surface area contributed by atoms with Gasteiger partial charge in [0.2, 0.25) is 5.88 Å². The molecule has 1 aromatic heterocycles. The topological polar surface area (TPSA) is 45.9 Å². The molecular weight excluding hydrogens is 192 g/mol. The molecule has 1 aromatic rings. The summed E-state index contributed by atoms with van der Waals surface area (Å²) in [6.45, 7) is 2.04. The van der Waals surface area contributed by atoms with Crippen LogP contribution in [0, 0.1) is 11.3 Å². The summed E-state index contributed by atoms with van der Waals surface area (Å²) in [5.41, 5.74) is 0.564. The predicted molar refractivity (Wildman–Crippen MR) is 49.8 cm³/mol. The summed E-state index contributed by atoms with van der Waals surface area (Å²) in [5.74, 6) is 1.39. The molecule has 0 unspecified atom stereocenters. The van der Waals surface area contributed by atoms with Crippen LogP contribution in [0.3, 0.4) is 0 Å². The zero-order chi connectivity index (χ0) is 8.97. The molecule has 0 aliphatic rings. The van der Waals surface area contributed by atoms with E-state index in [1.165, 1.54) is 18.6 Å². The highest BCUT2D eigenvalue weighted by Gasteiger charge is 2.13. The minimum absolute atomic E-state index is 0.443. The van der Waals surface area contributed by atoms with Gasteiger partial charge >= 0.3 is 0 Å². The van der Waals surface area contributed by atoms with Crippen molar-refractivity contribution in [3.05, 3.63) is 5.56 Å². The number of hydrogen-bond acceptors (Lipinski definition) is 5. The Bertz CT molecular complexity index is 303. The zero-order valence-corrected chi connectivity index (χ0v) is 8.46. The van der Waals surface area contributed by atoms with Crippen molar-refractivity contribution in [1.82, 2.24) is 4.37 Å². The molecule has 0 bridgehead atoms. The molecule has 0 saturated carbocycles. The van der Waals surface area contributed by atoms with Crippen molar-refractivity contribution in [3.8, 4) is 11.9 Å². The van der Waals surface area contributed by atoms with E-state index >= 15 is 0 Å². The molecule has 0 radical (unpaired) electrons. The number of methoxy groups -OCH3 is 1. The molecule has 3 nitrogen and oxygen atoms in total. The Labute approximate surface area is 79.5 Å². The first-order valence-electron chi connectivity index (χ1n) is 3.40. The van der Waals surface area contributed by atoms with Crippen LogP contribution >= 0.6 is 23.3 Å². The van der Waals surface area contributed by atoms with Crippen LogP contribution in [0.4, 0.5) is 0 Å². The molecule has 64 valence electrons. The summed E-state index contributed by atoms with van der Waals surface area (Å²) in [6.07, 6.45) is 0. The van der Waals surface area contributed by atoms with Gasteiger partial charge in [-0.05, 0) is 17.3 Å². The van der Waals surface area contributed by atoms with Crippen LogP contribution in [0.1, 0.15) is 12.5 Å². The Kier molecular flexibility index (Phi) is 3.38. The number of nitriles is 1. The van der Waals surface area contributed by atoms with Crippen molar-refractivity contribution in [2.24, 2.45) is 0 Å². The molecule has 1 heterocycles. The summed E-state index contributed by atoms with van der Waals surface area (Å²) < 4.78 is 9.87. The molecule has 0 amide bonds. The smallest absolute Gasteiger partial charge is 0.244 e. The molecule has 0 aliphatic heterocycles. The van der Waals surface area contributed by atoms with Crippen molar-refractivity contribution in [2.75, 3.05) is 12.9 Å². The van der Waals surface area contributed by atoms with Crippen molar-refractivity contribution >= 4 is 23.3 Å². The van der Waals surface area contributed by atoms with E-state index in [0.717, 1.165) is 9.96 Å². The van der Waals surface area contributed by atoms with E-state index in [-0.39, 0.29) is 0 Å². The van der Waals surface area contributed by atoms with Gasteiger partial charge in [-0.15, -0.1) is 11.8 Å². The lowest BCUT2D eigenvalue weighted by molar-refractivity contribution is 0.401. The maximum Gasteiger partial charge on any atom is 0.244 e. The molecule has 0 fully saturated rings. The van der Waals surface area contributed by atoms with Gasteiger partial charge < -0.3 is 4.74 Å². The fourth-order valence-electron chi connectivity index (χ4n) is 0.724. The maximum atomic E-state index is 8.77. The largest absolute Gasteiger partial charge is 0.479 e. The minimum atomic E-state index is 0.443. The Morgan fingerprint density at radius 1 is 1.75 bits per heavy atom. The molecule has 0 aliphatic carbocycles. The average Bonchev–Trinajstić information content (AvgIpc) is 2.47. The maximum absolute atomic E-state index is 8.77. The third-order valence-electron chi connectivity index (χ3n) is 1.21. The normalized spacial score (nSPS) is 9.42. The predicted octanol–water partition coefficient (Wildman–Crippen LogP) is 2.14. The van der Waals surface area contributed by atoms with Gasteiger partial charge in [-0.2, -0.15) is 9.64 Å². The number of rotatable bonds is 3. The average molecular weight is 200 g/mol. The molecule has 0 saturated heterocycles. The molecule has 0 spiro atoms. The third-order valence-corrected chi connectivity index (χ3v) is 3.17. The van der Waals surface area contributed by atoms with Gasteiger partial charge in [0.1, 0.15) is 15.8 Å². The van der Waals surface area contributed by atoms with Crippen molar-refractivity contribution in [3.63, 3.8) is 0 Å². The van der Waals surface area contributed by atoms with Crippen molar-refractivity contribution < 1.29 is 4.74 Å². The number of ether oxygens (including phenoxy) is 1. The second kappa shape index (κ2) is 4.33. The van der Waals surface area contributed by atoms with Crippen LogP contribution in [0.15, 0.2) is 4.21 Å². The lowest BCUT2D eigenvalue weighted by Crippen LogP contribution is -1.85. The van der Waals surface area contributed by atoms with Crippen LogP contribution in [0.2, 0.25) is 0 Å². The van der Waals surface area contributed by atoms with E-state index in [1.807, 2.05) is 6.92 Å². The molecule has 12 heavy (non-hydrogen) atoms. The van der Waals surface area contributed by atoms with Gasteiger partial charge in [-0.25, -0.2) is 0 Å². The van der Waals surface area contributed by atoms with Crippen molar-refractivity contribution in [1.29, 1.82) is 5.26 Å². The summed E-state index contributed by atoms with van der Waals surface area (Å²) in [5, 5.41) is 8.77. The first-order valence-corrected chi connectivity index (χ1v) is 5.16. The zero-order valence-electron chi connectivity index (χ0n) is 6.83. The fraction of sp³-hybridized carbons (Fsp3) is 0.429.